The lowest BCUT2D eigenvalue weighted by Crippen LogP contribution is -2.32. The van der Waals surface area contributed by atoms with E-state index in [9.17, 15) is 9.59 Å². The largest absolute Gasteiger partial charge is 0.480 e. The minimum Gasteiger partial charge on any atom is -0.480 e. The van der Waals surface area contributed by atoms with E-state index in [0.717, 1.165) is 10.9 Å². The van der Waals surface area contributed by atoms with Crippen molar-refractivity contribution in [2.24, 2.45) is 5.73 Å². The molecule has 0 bridgehead atoms. The molecule has 1 atom stereocenters. The number of carboxylic acid groups (broad SMARTS) is 1. The van der Waals surface area contributed by atoms with Gasteiger partial charge in [0.25, 0.3) is 5.09 Å². The summed E-state index contributed by atoms with van der Waals surface area (Å²) < 4.78 is 5.83. The first kappa shape index (κ1) is 19.7. The van der Waals surface area contributed by atoms with Crippen LogP contribution in [-0.4, -0.2) is 32.4 Å². The van der Waals surface area contributed by atoms with Gasteiger partial charge in [-0.25, -0.2) is 4.98 Å². The molecule has 0 saturated carbocycles. The van der Waals surface area contributed by atoms with Gasteiger partial charge in [-0.1, -0.05) is 30.3 Å². The van der Waals surface area contributed by atoms with E-state index < -0.39 is 17.1 Å². The number of hydrogen-bond donors (Lipinski definition) is 3. The third kappa shape index (κ3) is 4.28. The predicted octanol–water partition coefficient (Wildman–Crippen LogP) is 2.05. The highest BCUT2D eigenvalue weighted by molar-refractivity contribution is 5.96. The molecule has 0 saturated heterocycles. The van der Waals surface area contributed by atoms with Crippen LogP contribution in [0.4, 0.5) is 0 Å². The molecular formula is C19H15N3O7. The highest BCUT2D eigenvalue weighted by atomic mass is 16.9. The van der Waals surface area contributed by atoms with Crippen molar-refractivity contribution in [1.82, 2.24) is 4.98 Å². The second kappa shape index (κ2) is 7.90. The van der Waals surface area contributed by atoms with Crippen LogP contribution in [0.25, 0.3) is 33.3 Å². The van der Waals surface area contributed by atoms with Crippen molar-refractivity contribution in [2.75, 3.05) is 0 Å². The minimum atomic E-state index is -1.50. The molecule has 148 valence electrons. The van der Waals surface area contributed by atoms with E-state index in [2.05, 4.69) is 4.98 Å². The SMILES string of the molecule is N[C@H](Cc1ccc2oc3cc(=O)c4ccccc4c-3nc2c1)C(=O)O.O=[N+]([O-])O. The molecule has 1 aliphatic heterocycles. The van der Waals surface area contributed by atoms with Crippen LogP contribution in [0.15, 0.2) is 57.7 Å². The highest BCUT2D eigenvalue weighted by Crippen LogP contribution is 2.30. The molecule has 0 spiro atoms. The van der Waals surface area contributed by atoms with Crippen molar-refractivity contribution in [3.05, 3.63) is 74.4 Å². The Kier molecular flexibility index (Phi) is 5.37. The average Bonchev–Trinajstić information content (AvgIpc) is 2.66. The summed E-state index contributed by atoms with van der Waals surface area (Å²) in [5, 5.41) is 23.9. The number of nitrogens with zero attached hydrogens (tertiary/aromatic N) is 2. The van der Waals surface area contributed by atoms with E-state index in [4.69, 9.17) is 30.6 Å². The van der Waals surface area contributed by atoms with Gasteiger partial charge in [0, 0.05) is 16.8 Å². The Hall–Kier alpha value is -4.05. The number of benzene rings is 3. The lowest BCUT2D eigenvalue weighted by Gasteiger charge is -2.11. The van der Waals surface area contributed by atoms with Crippen molar-refractivity contribution in [3.63, 3.8) is 0 Å². The summed E-state index contributed by atoms with van der Waals surface area (Å²) in [6.45, 7) is 0. The molecule has 4 N–H and O–H groups in total. The van der Waals surface area contributed by atoms with E-state index in [0.29, 0.717) is 27.9 Å². The molecule has 0 fully saturated rings. The van der Waals surface area contributed by atoms with Gasteiger partial charge in [-0.15, -0.1) is 10.1 Å². The molecule has 10 heteroatoms. The molecule has 0 aromatic heterocycles. The van der Waals surface area contributed by atoms with Crippen molar-refractivity contribution in [1.29, 1.82) is 0 Å². The zero-order valence-corrected chi connectivity index (χ0v) is 14.8. The molecule has 0 radical (unpaired) electrons. The Bertz CT molecular complexity index is 1250. The lowest BCUT2D eigenvalue weighted by molar-refractivity contribution is -0.742. The first-order valence-electron chi connectivity index (χ1n) is 8.33. The van der Waals surface area contributed by atoms with Gasteiger partial charge in [0.05, 0.1) is 0 Å². The number of nitrogens with two attached hydrogens (primary N) is 1. The van der Waals surface area contributed by atoms with Crippen LogP contribution in [0, 0.1) is 10.1 Å². The summed E-state index contributed by atoms with van der Waals surface area (Å²) in [7, 11) is 0. The van der Waals surface area contributed by atoms with Crippen molar-refractivity contribution in [3.8, 4) is 11.5 Å². The van der Waals surface area contributed by atoms with Gasteiger partial charge in [0.2, 0.25) is 0 Å². The Labute approximate surface area is 162 Å². The summed E-state index contributed by atoms with van der Waals surface area (Å²) in [5.41, 5.74) is 7.95. The van der Waals surface area contributed by atoms with Gasteiger partial charge in [0.1, 0.15) is 17.3 Å². The molecule has 10 nitrogen and oxygen atoms in total. The molecule has 4 rings (SSSR count). The second-order valence-corrected chi connectivity index (χ2v) is 6.17. The molecule has 2 aromatic carbocycles. The van der Waals surface area contributed by atoms with E-state index in [1.165, 1.54) is 6.07 Å². The maximum absolute atomic E-state index is 12.2. The van der Waals surface area contributed by atoms with Gasteiger partial charge >= 0.3 is 5.97 Å². The Morgan fingerprint density at radius 2 is 1.86 bits per heavy atom. The van der Waals surface area contributed by atoms with E-state index in [1.54, 1.807) is 30.3 Å². The zero-order valence-electron chi connectivity index (χ0n) is 14.8. The summed E-state index contributed by atoms with van der Waals surface area (Å²) in [4.78, 5) is 36.1. The number of carboxylic acids is 1. The highest BCUT2D eigenvalue weighted by Gasteiger charge is 2.17. The van der Waals surface area contributed by atoms with E-state index in [1.807, 2.05) is 12.1 Å². The van der Waals surface area contributed by atoms with Gasteiger partial charge in [0.15, 0.2) is 16.8 Å². The number of rotatable bonds is 3. The van der Waals surface area contributed by atoms with Crippen LogP contribution >= 0.6 is 0 Å². The molecule has 2 aromatic rings. The fourth-order valence-electron chi connectivity index (χ4n) is 2.94. The maximum Gasteiger partial charge on any atom is 0.320 e. The second-order valence-electron chi connectivity index (χ2n) is 6.17. The quantitative estimate of drug-likeness (QED) is 0.202. The van der Waals surface area contributed by atoms with Gasteiger partial charge in [-0.3, -0.25) is 9.59 Å². The first-order valence-corrected chi connectivity index (χ1v) is 8.33. The Balaban J connectivity index is 0.000000552. The van der Waals surface area contributed by atoms with Crippen LogP contribution in [0.2, 0.25) is 0 Å². The number of hydrogen-bond acceptors (Lipinski definition) is 7. The number of aromatic nitrogens is 1. The fraction of sp³-hybridized carbons (Fsp3) is 0.105. The molecule has 1 heterocycles. The van der Waals surface area contributed by atoms with Crippen LogP contribution < -0.4 is 11.2 Å². The standard InChI is InChI=1S/C19H14N2O4.HNO3/c20-13(19(23)24)7-10-5-6-16-14(8-10)21-18-12-4-2-1-3-11(12)15(22)9-17(18)25-16;2-1(3)4/h1-6,8-9,13H,7,20H2,(H,23,24);(H,2,3,4)/t13-;/m1./s1. The van der Waals surface area contributed by atoms with Crippen molar-refractivity contribution >= 4 is 27.8 Å². The number of carbonyl (C=O) groups is 1. The summed E-state index contributed by atoms with van der Waals surface area (Å²) >= 11 is 0. The zero-order chi connectivity index (χ0) is 21.1. The monoisotopic (exact) mass is 397 g/mol. The summed E-state index contributed by atoms with van der Waals surface area (Å²) in [6.07, 6.45) is 0.200. The smallest absolute Gasteiger partial charge is 0.320 e. The fourth-order valence-corrected chi connectivity index (χ4v) is 2.94. The van der Waals surface area contributed by atoms with Crippen molar-refractivity contribution < 1.29 is 24.6 Å². The summed E-state index contributed by atoms with van der Waals surface area (Å²) in [6, 6.07) is 12.9. The average molecular weight is 397 g/mol. The molecule has 0 unspecified atom stereocenters. The van der Waals surface area contributed by atoms with Crippen LogP contribution in [0.1, 0.15) is 5.56 Å². The number of fused-ring (bicyclic) bond motifs is 4. The van der Waals surface area contributed by atoms with Gasteiger partial charge < -0.3 is 20.5 Å². The third-order valence-corrected chi connectivity index (χ3v) is 4.19. The van der Waals surface area contributed by atoms with Crippen LogP contribution in [0.3, 0.4) is 0 Å². The summed E-state index contributed by atoms with van der Waals surface area (Å²) in [5.74, 6) is -0.628. The number of aliphatic carboxylic acids is 1. The molecule has 2 aliphatic rings. The molecule has 29 heavy (non-hydrogen) atoms. The maximum atomic E-state index is 12.2. The molecular weight excluding hydrogens is 382 g/mol. The predicted molar refractivity (Wildman–Crippen MR) is 103 cm³/mol. The lowest BCUT2D eigenvalue weighted by atomic mass is 10.0. The molecule has 0 amide bonds. The third-order valence-electron chi connectivity index (χ3n) is 4.19. The van der Waals surface area contributed by atoms with E-state index in [-0.39, 0.29) is 11.8 Å². The van der Waals surface area contributed by atoms with E-state index >= 15 is 0 Å². The normalized spacial score (nSPS) is 11.8. The Morgan fingerprint density at radius 1 is 1.21 bits per heavy atom. The van der Waals surface area contributed by atoms with Gasteiger partial charge in [-0.05, 0) is 24.1 Å². The first-order chi connectivity index (χ1) is 13.8. The van der Waals surface area contributed by atoms with Crippen molar-refractivity contribution in [2.45, 2.75) is 12.5 Å². The van der Waals surface area contributed by atoms with Gasteiger partial charge in [-0.2, -0.15) is 0 Å². The topological polar surface area (TPSA) is 170 Å². The van der Waals surface area contributed by atoms with Crippen LogP contribution in [-0.2, 0) is 11.2 Å². The minimum absolute atomic E-state index is 0.114. The van der Waals surface area contributed by atoms with Crippen LogP contribution in [0.5, 0.6) is 0 Å². The Morgan fingerprint density at radius 3 is 2.52 bits per heavy atom. The molecule has 1 aliphatic carbocycles.